The molecular weight excluding hydrogens is 642 g/mol. The van der Waals surface area contributed by atoms with Crippen molar-refractivity contribution in [3.63, 3.8) is 0 Å². The Morgan fingerprint density at radius 1 is 0.861 bits per heavy atom. The first-order chi connectivity index (χ1) is 17.2. The van der Waals surface area contributed by atoms with Gasteiger partial charge in [0.05, 0.1) is 5.69 Å². The number of hydrogen-bond acceptors (Lipinski definition) is 2. The van der Waals surface area contributed by atoms with Gasteiger partial charge >= 0.3 is 0 Å². The number of halogens is 2. The molecule has 4 aromatic carbocycles. The molecule has 5 aromatic rings. The molecule has 184 valence electrons. The van der Waals surface area contributed by atoms with E-state index in [1.165, 1.54) is 25.4 Å². The number of aryl methyl sites for hydroxylation is 1. The fourth-order valence-electron chi connectivity index (χ4n) is 4.69. The fourth-order valence-corrected chi connectivity index (χ4v) is 8.39. The van der Waals surface area contributed by atoms with E-state index in [0.29, 0.717) is 0 Å². The second-order valence-corrected chi connectivity index (χ2v) is 15.4. The summed E-state index contributed by atoms with van der Waals surface area (Å²) in [4.78, 5) is 0. The molecule has 0 amide bonds. The number of aromatic nitrogens is 1. The normalized spacial score (nSPS) is 13.6. The Bertz CT molecular complexity index is 1600. The molecule has 1 heterocycles. The molecule has 0 aliphatic carbocycles. The second kappa shape index (κ2) is 10.00. The van der Waals surface area contributed by atoms with Gasteiger partial charge in [-0.25, -0.2) is 4.74 Å². The monoisotopic (exact) mass is 670 g/mol. The highest BCUT2D eigenvalue weighted by Gasteiger charge is 2.39. The zero-order valence-corrected chi connectivity index (χ0v) is 25.5. The van der Waals surface area contributed by atoms with Crippen LogP contribution in [-0.2, 0) is 6.54 Å². The summed E-state index contributed by atoms with van der Waals surface area (Å²) < 4.78 is 17.1. The van der Waals surface area contributed by atoms with Crippen LogP contribution in [0.5, 0.6) is 5.75 Å². The van der Waals surface area contributed by atoms with Crippen LogP contribution in [0.15, 0.2) is 100 Å². The average Bonchev–Trinajstić information content (AvgIpc) is 3.18. The Morgan fingerprint density at radius 2 is 1.53 bits per heavy atom. The van der Waals surface area contributed by atoms with Gasteiger partial charge in [-0.3, -0.25) is 0 Å². The van der Waals surface area contributed by atoms with Crippen molar-refractivity contribution in [1.29, 1.82) is 0 Å². The van der Waals surface area contributed by atoms with Crippen molar-refractivity contribution in [2.45, 2.75) is 39.4 Å². The molecule has 1 aromatic heterocycles. The van der Waals surface area contributed by atoms with E-state index in [2.05, 4.69) is 138 Å². The highest BCUT2D eigenvalue weighted by atomic mass is 127. The Hall–Kier alpha value is -2.08. The topological polar surface area (TPSA) is 26.5 Å². The Balaban J connectivity index is 1.83. The van der Waals surface area contributed by atoms with E-state index in [1.54, 1.807) is 0 Å². The molecule has 0 aliphatic heterocycles. The lowest BCUT2D eigenvalue weighted by Crippen LogP contribution is -2.27. The lowest BCUT2D eigenvalue weighted by atomic mass is 10.1. The quantitative estimate of drug-likeness (QED) is 0.135. The predicted molar refractivity (Wildman–Crippen MR) is 167 cm³/mol. The molecule has 0 unspecified atom stereocenters. The predicted octanol–water partition coefficient (Wildman–Crippen LogP) is 10.1. The van der Waals surface area contributed by atoms with Crippen molar-refractivity contribution in [2.75, 3.05) is 0 Å². The molecule has 0 saturated carbocycles. The summed E-state index contributed by atoms with van der Waals surface area (Å²) in [6.45, 7) is 9.86. The Morgan fingerprint density at radius 3 is 2.19 bits per heavy atom. The molecular formula is C30H29BrIN2OP. The summed E-state index contributed by atoms with van der Waals surface area (Å²) >= 11 is 5.89. The molecule has 3 nitrogen and oxygen atoms in total. The summed E-state index contributed by atoms with van der Waals surface area (Å²) in [6.07, 6.45) is 0. The van der Waals surface area contributed by atoms with Gasteiger partial charge in [0.2, 0.25) is 0 Å². The Labute approximate surface area is 235 Å². The molecule has 6 heteroatoms. The zero-order chi connectivity index (χ0) is 25.5. The van der Waals surface area contributed by atoms with Gasteiger partial charge in [-0.1, -0.05) is 54.9 Å². The minimum Gasteiger partial charge on any atom is -0.455 e. The van der Waals surface area contributed by atoms with Crippen molar-refractivity contribution in [3.8, 4) is 5.75 Å². The molecule has 36 heavy (non-hydrogen) atoms. The molecule has 1 atom stereocenters. The molecule has 0 radical (unpaired) electrons. The average molecular weight is 671 g/mol. The van der Waals surface area contributed by atoms with Gasteiger partial charge in [0.1, 0.15) is 5.75 Å². The smallest absolute Gasteiger partial charge is 0.173 e. The van der Waals surface area contributed by atoms with E-state index in [4.69, 9.17) is 9.27 Å². The van der Waals surface area contributed by atoms with Crippen LogP contribution in [0.25, 0.3) is 21.8 Å². The van der Waals surface area contributed by atoms with E-state index in [9.17, 15) is 0 Å². The van der Waals surface area contributed by atoms with Gasteiger partial charge in [0.25, 0.3) is 0 Å². The molecule has 5 rings (SSSR count). The summed E-state index contributed by atoms with van der Waals surface area (Å²) in [5.41, 5.74) is 3.44. The minimum atomic E-state index is -2.59. The van der Waals surface area contributed by atoms with E-state index in [-0.39, 0.29) is 5.16 Å². The van der Waals surface area contributed by atoms with Crippen LogP contribution < -0.4 is 9.83 Å². The molecule has 0 spiro atoms. The van der Waals surface area contributed by atoms with Gasteiger partial charge in [-0.05, 0) is 102 Å². The van der Waals surface area contributed by atoms with Crippen molar-refractivity contribution >= 4 is 78.6 Å². The third-order valence-corrected chi connectivity index (χ3v) is 11.5. The molecule has 0 aliphatic rings. The van der Waals surface area contributed by atoms with E-state index >= 15 is 0 Å². The van der Waals surface area contributed by atoms with Crippen molar-refractivity contribution in [1.82, 2.24) is 4.57 Å². The maximum atomic E-state index is 7.05. The van der Waals surface area contributed by atoms with E-state index in [1.807, 2.05) is 24.3 Å². The third kappa shape index (κ3) is 4.66. The first-order valence-corrected chi connectivity index (χ1v) is 15.6. The molecule has 0 saturated heterocycles. The highest BCUT2D eigenvalue weighted by molar-refractivity contribution is 14.1. The second-order valence-electron chi connectivity index (χ2n) is 9.83. The summed E-state index contributed by atoms with van der Waals surface area (Å²) in [5.74, 6) is 0.826. The first-order valence-electron chi connectivity index (χ1n) is 12.1. The number of benzene rings is 4. The standard InChI is InChI=1S/C30H29BrIN2OP/c1-5-34-28-9-7-6-8-26(28)27-20-25(18-19-29(27)34)36(30(2,3)4,33-23-14-12-22(32)13-15-23)35-24-16-10-21(31)11-17-24/h6-20H,5H2,1-4H3/t36-/m0/s1. The van der Waals surface area contributed by atoms with Gasteiger partial charge < -0.3 is 9.09 Å². The summed E-state index contributed by atoms with van der Waals surface area (Å²) in [5, 5.41) is 3.40. The van der Waals surface area contributed by atoms with Gasteiger partial charge in [0, 0.05) is 46.9 Å². The summed E-state index contributed by atoms with van der Waals surface area (Å²) in [6, 6.07) is 32.0. The molecule has 0 bridgehead atoms. The highest BCUT2D eigenvalue weighted by Crippen LogP contribution is 2.62. The minimum absolute atomic E-state index is 0.250. The van der Waals surface area contributed by atoms with Crippen molar-refractivity contribution < 1.29 is 4.52 Å². The number of fused-ring (bicyclic) bond motifs is 3. The van der Waals surface area contributed by atoms with Crippen molar-refractivity contribution in [3.05, 3.63) is 99.0 Å². The SMILES string of the molecule is CCn1c2ccccc2c2cc([P@](=Nc3ccc(I)cc3)(Oc3ccc(Br)cc3)C(C)(C)C)ccc21. The lowest BCUT2D eigenvalue weighted by Gasteiger charge is -2.37. The van der Waals surface area contributed by atoms with E-state index < -0.39 is 7.28 Å². The maximum absolute atomic E-state index is 7.05. The lowest BCUT2D eigenvalue weighted by molar-refractivity contribution is 0.571. The third-order valence-electron chi connectivity index (χ3n) is 6.47. The Kier molecular flexibility index (Phi) is 7.10. The van der Waals surface area contributed by atoms with Crippen LogP contribution >= 0.6 is 45.8 Å². The van der Waals surface area contributed by atoms with Gasteiger partial charge in [-0.2, -0.15) is 0 Å². The fraction of sp³-hybridized carbons (Fsp3) is 0.200. The van der Waals surface area contributed by atoms with Crippen LogP contribution in [-0.4, -0.2) is 9.72 Å². The number of hydrogen-bond donors (Lipinski definition) is 0. The van der Waals surface area contributed by atoms with Crippen LogP contribution in [0.1, 0.15) is 27.7 Å². The molecule has 0 N–H and O–H groups in total. The van der Waals surface area contributed by atoms with Crippen molar-refractivity contribution in [2.24, 2.45) is 4.74 Å². The summed E-state index contributed by atoms with van der Waals surface area (Å²) in [7, 11) is -2.59. The van der Waals surface area contributed by atoms with Gasteiger partial charge in [-0.15, -0.1) is 0 Å². The first kappa shape index (κ1) is 25.6. The largest absolute Gasteiger partial charge is 0.455 e. The van der Waals surface area contributed by atoms with Crippen LogP contribution in [0.3, 0.4) is 0 Å². The number of para-hydroxylation sites is 1. The van der Waals surface area contributed by atoms with Gasteiger partial charge in [0.15, 0.2) is 7.28 Å². The van der Waals surface area contributed by atoms with Crippen LogP contribution in [0.2, 0.25) is 0 Å². The zero-order valence-electron chi connectivity index (χ0n) is 20.9. The van der Waals surface area contributed by atoms with Crippen LogP contribution in [0.4, 0.5) is 5.69 Å². The molecule has 0 fully saturated rings. The number of nitrogens with zero attached hydrogens (tertiary/aromatic N) is 2. The van der Waals surface area contributed by atoms with Crippen LogP contribution in [0, 0.1) is 3.57 Å². The maximum Gasteiger partial charge on any atom is 0.173 e. The van der Waals surface area contributed by atoms with E-state index in [0.717, 1.165) is 27.8 Å². The number of rotatable bonds is 5.